The van der Waals surface area contributed by atoms with E-state index in [4.69, 9.17) is 23.2 Å². The Kier molecular flexibility index (Phi) is 4.85. The third-order valence-electron chi connectivity index (χ3n) is 1.98. The highest BCUT2D eigenvalue weighted by atomic mass is 35.5. The molecule has 1 aliphatic rings. The normalized spacial score (nSPS) is 15.5. The third-order valence-corrected chi connectivity index (χ3v) is 2.32. The van der Waals surface area contributed by atoms with Gasteiger partial charge in [-0.15, -0.1) is 23.2 Å². The van der Waals surface area contributed by atoms with Crippen molar-refractivity contribution < 1.29 is 9.59 Å². The summed E-state index contributed by atoms with van der Waals surface area (Å²) in [5, 5.41) is 0. The first-order valence-corrected chi connectivity index (χ1v) is 5.61. The van der Waals surface area contributed by atoms with Crippen LogP contribution in [0.4, 0.5) is 0 Å². The predicted molar refractivity (Wildman–Crippen MR) is 60.3 cm³/mol. The Morgan fingerprint density at radius 2 is 1.67 bits per heavy atom. The number of hydrogen-bond donors (Lipinski definition) is 0. The number of carbonyl (C=O) groups excluding carboxylic acids is 2. The van der Waals surface area contributed by atoms with Crippen molar-refractivity contribution in [3.8, 4) is 0 Å². The molecule has 0 saturated carbocycles. The van der Waals surface area contributed by atoms with Crippen LogP contribution in [-0.2, 0) is 9.59 Å². The maximum absolute atomic E-state index is 11.5. The van der Waals surface area contributed by atoms with Gasteiger partial charge in [-0.2, -0.15) is 0 Å². The van der Waals surface area contributed by atoms with Gasteiger partial charge < -0.3 is 4.90 Å². The van der Waals surface area contributed by atoms with Crippen molar-refractivity contribution in [2.24, 2.45) is 0 Å². The lowest BCUT2D eigenvalue weighted by Gasteiger charge is -2.24. The molecular weight excluding hydrogens is 237 g/mol. The highest BCUT2D eigenvalue weighted by Crippen LogP contribution is 2.11. The van der Waals surface area contributed by atoms with Crippen molar-refractivity contribution in [3.63, 3.8) is 0 Å². The number of nitrogens with zero attached hydrogens (tertiary/aromatic N) is 1. The van der Waals surface area contributed by atoms with Crippen LogP contribution in [-0.4, -0.2) is 41.3 Å². The fourth-order valence-corrected chi connectivity index (χ4v) is 1.71. The van der Waals surface area contributed by atoms with Gasteiger partial charge in [0.1, 0.15) is 0 Å². The molecule has 0 fully saturated rings. The number of allylic oxidation sites excluding steroid dienone is 3. The Labute approximate surface area is 98.3 Å². The molecule has 15 heavy (non-hydrogen) atoms. The topological polar surface area (TPSA) is 37.4 Å². The maximum atomic E-state index is 11.5. The summed E-state index contributed by atoms with van der Waals surface area (Å²) in [6, 6.07) is 0. The molecule has 1 rings (SSSR count). The van der Waals surface area contributed by atoms with Gasteiger partial charge in [-0.05, 0) is 12.2 Å². The summed E-state index contributed by atoms with van der Waals surface area (Å²) >= 11 is 11.2. The minimum atomic E-state index is -0.182. The van der Waals surface area contributed by atoms with E-state index in [1.54, 1.807) is 4.90 Å². The molecule has 1 aliphatic carbocycles. The molecule has 5 heteroatoms. The maximum Gasteiger partial charge on any atom is 0.202 e. The van der Waals surface area contributed by atoms with Crippen molar-refractivity contribution in [2.75, 3.05) is 24.8 Å². The Balaban J connectivity index is 2.81. The second kappa shape index (κ2) is 5.93. The van der Waals surface area contributed by atoms with Crippen molar-refractivity contribution in [1.29, 1.82) is 0 Å². The van der Waals surface area contributed by atoms with Crippen molar-refractivity contribution in [1.82, 2.24) is 4.90 Å². The zero-order valence-electron chi connectivity index (χ0n) is 8.08. The second-order valence-corrected chi connectivity index (χ2v) is 3.75. The summed E-state index contributed by atoms with van der Waals surface area (Å²) < 4.78 is 0. The highest BCUT2D eigenvalue weighted by molar-refractivity contribution is 6.19. The van der Waals surface area contributed by atoms with Gasteiger partial charge in [0.2, 0.25) is 5.78 Å². The SMILES string of the molecule is O=C1C=CC(=O)C(N(CCCl)CCCl)=C1. The summed E-state index contributed by atoms with van der Waals surface area (Å²) in [6.45, 7) is 1.01. The molecular formula is C10H11Cl2NO2. The lowest BCUT2D eigenvalue weighted by Crippen LogP contribution is -2.32. The van der Waals surface area contributed by atoms with E-state index in [0.29, 0.717) is 30.5 Å². The van der Waals surface area contributed by atoms with Crippen LogP contribution in [0.15, 0.2) is 23.9 Å². The van der Waals surface area contributed by atoms with Crippen molar-refractivity contribution in [2.45, 2.75) is 0 Å². The van der Waals surface area contributed by atoms with Gasteiger partial charge in [0.05, 0.1) is 5.70 Å². The lowest BCUT2D eigenvalue weighted by atomic mass is 10.1. The van der Waals surface area contributed by atoms with Gasteiger partial charge in [-0.25, -0.2) is 0 Å². The summed E-state index contributed by atoms with van der Waals surface area (Å²) in [6.07, 6.45) is 3.85. The lowest BCUT2D eigenvalue weighted by molar-refractivity contribution is -0.115. The van der Waals surface area contributed by atoms with Crippen LogP contribution < -0.4 is 0 Å². The molecule has 0 N–H and O–H groups in total. The van der Waals surface area contributed by atoms with Crippen molar-refractivity contribution >= 4 is 34.8 Å². The fourth-order valence-electron chi connectivity index (χ4n) is 1.30. The molecule has 82 valence electrons. The molecule has 0 aliphatic heterocycles. The minimum Gasteiger partial charge on any atom is -0.366 e. The largest absolute Gasteiger partial charge is 0.366 e. The molecule has 0 aromatic heterocycles. The fraction of sp³-hybridized carbons (Fsp3) is 0.400. The molecule has 0 aromatic rings. The molecule has 0 aromatic carbocycles. The van der Waals surface area contributed by atoms with Gasteiger partial charge in [-0.1, -0.05) is 0 Å². The van der Waals surface area contributed by atoms with Gasteiger partial charge in [0.25, 0.3) is 0 Å². The zero-order valence-corrected chi connectivity index (χ0v) is 9.59. The smallest absolute Gasteiger partial charge is 0.202 e. The first kappa shape index (κ1) is 12.3. The minimum absolute atomic E-state index is 0.176. The molecule has 0 bridgehead atoms. The zero-order chi connectivity index (χ0) is 11.3. The number of ketones is 2. The molecule has 3 nitrogen and oxygen atoms in total. The van der Waals surface area contributed by atoms with Gasteiger partial charge in [0, 0.05) is 30.9 Å². The molecule has 0 spiro atoms. The van der Waals surface area contributed by atoms with Crippen LogP contribution in [0.1, 0.15) is 0 Å². The van der Waals surface area contributed by atoms with Crippen LogP contribution in [0.2, 0.25) is 0 Å². The average Bonchev–Trinajstić information content (AvgIpc) is 2.21. The van der Waals surface area contributed by atoms with E-state index in [-0.39, 0.29) is 11.6 Å². The second-order valence-electron chi connectivity index (χ2n) is 2.99. The molecule has 0 atom stereocenters. The van der Waals surface area contributed by atoms with Crippen LogP contribution in [0.3, 0.4) is 0 Å². The number of hydrogen-bond acceptors (Lipinski definition) is 3. The van der Waals surface area contributed by atoms with E-state index in [2.05, 4.69) is 0 Å². The van der Waals surface area contributed by atoms with Gasteiger partial charge in [-0.3, -0.25) is 9.59 Å². The number of carbonyl (C=O) groups is 2. The average molecular weight is 248 g/mol. The first-order valence-electron chi connectivity index (χ1n) is 4.54. The monoisotopic (exact) mass is 247 g/mol. The quantitative estimate of drug-likeness (QED) is 0.544. The van der Waals surface area contributed by atoms with E-state index in [1.165, 1.54) is 18.2 Å². The summed E-state index contributed by atoms with van der Waals surface area (Å²) in [5.41, 5.74) is 0.379. The molecule has 0 heterocycles. The highest BCUT2D eigenvalue weighted by Gasteiger charge is 2.18. The molecule has 0 unspecified atom stereocenters. The summed E-state index contributed by atoms with van der Waals surface area (Å²) in [7, 11) is 0. The molecule has 0 saturated heterocycles. The van der Waals surface area contributed by atoms with E-state index in [9.17, 15) is 9.59 Å². The van der Waals surface area contributed by atoms with Gasteiger partial charge in [0.15, 0.2) is 5.78 Å². The number of alkyl halides is 2. The first-order chi connectivity index (χ1) is 7.19. The van der Waals surface area contributed by atoms with Gasteiger partial charge >= 0.3 is 0 Å². The van der Waals surface area contributed by atoms with Crippen molar-refractivity contribution in [3.05, 3.63) is 23.9 Å². The standard InChI is InChI=1S/C10H11Cl2NO2/c11-3-5-13(6-4-12)9-7-8(14)1-2-10(9)15/h1-2,7H,3-6H2. The van der Waals surface area contributed by atoms with Crippen LogP contribution in [0.5, 0.6) is 0 Å². The molecule has 0 amide bonds. The number of halogens is 2. The summed E-state index contributed by atoms with van der Waals surface area (Å²) in [4.78, 5) is 24.3. The van der Waals surface area contributed by atoms with E-state index >= 15 is 0 Å². The van der Waals surface area contributed by atoms with Crippen LogP contribution >= 0.6 is 23.2 Å². The Hall–Kier alpha value is -0.800. The van der Waals surface area contributed by atoms with E-state index < -0.39 is 0 Å². The van der Waals surface area contributed by atoms with Crippen LogP contribution in [0.25, 0.3) is 0 Å². The van der Waals surface area contributed by atoms with E-state index in [1.807, 2.05) is 0 Å². The molecule has 0 radical (unpaired) electrons. The third kappa shape index (κ3) is 3.36. The predicted octanol–water partition coefficient (Wildman–Crippen LogP) is 1.36. The Morgan fingerprint density at radius 3 is 2.20 bits per heavy atom. The Bertz CT molecular complexity index is 317. The summed E-state index contributed by atoms with van der Waals surface area (Å²) in [5.74, 6) is 0.419. The van der Waals surface area contributed by atoms with Crippen LogP contribution in [0, 0.1) is 0 Å². The Morgan fingerprint density at radius 1 is 1.07 bits per heavy atom. The number of rotatable bonds is 5. The van der Waals surface area contributed by atoms with E-state index in [0.717, 1.165) is 0 Å².